The topological polar surface area (TPSA) is 38.3 Å². The van der Waals surface area contributed by atoms with Gasteiger partial charge in [0.05, 0.1) is 5.92 Å². The van der Waals surface area contributed by atoms with E-state index in [1.54, 1.807) is 6.07 Å². The third-order valence-electron chi connectivity index (χ3n) is 4.42. The molecule has 1 fully saturated rings. The normalized spacial score (nSPS) is 21.8. The molecule has 0 aliphatic heterocycles. The highest BCUT2D eigenvalue weighted by Gasteiger charge is 2.42. The molecule has 1 N–H and O–H groups in total. The molecule has 1 amide bonds. The zero-order valence-corrected chi connectivity index (χ0v) is 13.4. The van der Waals surface area contributed by atoms with Crippen LogP contribution in [0.5, 0.6) is 5.75 Å². The minimum absolute atomic E-state index is 0.0429. The highest BCUT2D eigenvalue weighted by atomic mass is 19.4. The summed E-state index contributed by atoms with van der Waals surface area (Å²) in [7, 11) is 0. The van der Waals surface area contributed by atoms with Crippen molar-refractivity contribution >= 4 is 5.91 Å². The maximum absolute atomic E-state index is 12.8. The van der Waals surface area contributed by atoms with Gasteiger partial charge in [-0.15, -0.1) is 0 Å². The fraction of sp³-hybridized carbons (Fsp3) is 0.588. The molecule has 1 saturated carbocycles. The number of carbonyl (C=O) groups excluding carboxylic acids is 1. The van der Waals surface area contributed by atoms with Crippen LogP contribution in [0, 0.1) is 19.8 Å². The highest BCUT2D eigenvalue weighted by molar-refractivity contribution is 5.77. The number of amides is 1. The summed E-state index contributed by atoms with van der Waals surface area (Å²) in [5, 5.41) is 2.66. The van der Waals surface area contributed by atoms with Crippen molar-refractivity contribution in [2.24, 2.45) is 5.92 Å². The van der Waals surface area contributed by atoms with Gasteiger partial charge < -0.3 is 10.1 Å². The number of rotatable bonds is 4. The maximum atomic E-state index is 12.8. The summed E-state index contributed by atoms with van der Waals surface area (Å²) in [6, 6.07) is 5.13. The fourth-order valence-electron chi connectivity index (χ4n) is 2.91. The second kappa shape index (κ2) is 7.23. The molecule has 1 aromatic carbocycles. The van der Waals surface area contributed by atoms with Gasteiger partial charge in [-0.2, -0.15) is 13.2 Å². The SMILES string of the molecule is Cc1cccc(OCC(=O)NC2CCCC(C(F)(F)F)C2)c1C. The van der Waals surface area contributed by atoms with Crippen LogP contribution >= 0.6 is 0 Å². The molecule has 0 heterocycles. The van der Waals surface area contributed by atoms with Gasteiger partial charge >= 0.3 is 6.18 Å². The van der Waals surface area contributed by atoms with Gasteiger partial charge in [-0.25, -0.2) is 0 Å². The van der Waals surface area contributed by atoms with Crippen LogP contribution in [-0.2, 0) is 4.79 Å². The molecule has 0 aromatic heterocycles. The Bertz CT molecular complexity index is 557. The third-order valence-corrected chi connectivity index (χ3v) is 4.42. The van der Waals surface area contributed by atoms with Crippen molar-refractivity contribution in [2.75, 3.05) is 6.61 Å². The Hall–Kier alpha value is -1.72. The summed E-state index contributed by atoms with van der Waals surface area (Å²) >= 11 is 0. The molecule has 1 aliphatic rings. The van der Waals surface area contributed by atoms with Gasteiger partial charge in [0.25, 0.3) is 5.91 Å². The first-order valence-electron chi connectivity index (χ1n) is 7.82. The quantitative estimate of drug-likeness (QED) is 0.909. The molecule has 23 heavy (non-hydrogen) atoms. The monoisotopic (exact) mass is 329 g/mol. The average molecular weight is 329 g/mol. The zero-order chi connectivity index (χ0) is 17.0. The minimum Gasteiger partial charge on any atom is -0.483 e. The van der Waals surface area contributed by atoms with Crippen LogP contribution in [0.1, 0.15) is 36.8 Å². The van der Waals surface area contributed by atoms with Crippen LogP contribution in [0.15, 0.2) is 18.2 Å². The third kappa shape index (κ3) is 4.88. The van der Waals surface area contributed by atoms with E-state index in [1.807, 2.05) is 26.0 Å². The Morgan fingerprint density at radius 2 is 2.04 bits per heavy atom. The number of alkyl halides is 3. The summed E-state index contributed by atoms with van der Waals surface area (Å²) in [6.07, 6.45) is -3.01. The van der Waals surface area contributed by atoms with E-state index >= 15 is 0 Å². The van der Waals surface area contributed by atoms with Crippen molar-refractivity contribution in [1.29, 1.82) is 0 Å². The van der Waals surface area contributed by atoms with Gasteiger partial charge in [0.1, 0.15) is 5.75 Å². The average Bonchev–Trinajstić information content (AvgIpc) is 2.48. The lowest BCUT2D eigenvalue weighted by Gasteiger charge is -2.31. The number of aryl methyl sites for hydroxylation is 1. The predicted octanol–water partition coefficient (Wildman–Crippen LogP) is 3.92. The van der Waals surface area contributed by atoms with Gasteiger partial charge in [-0.3, -0.25) is 4.79 Å². The van der Waals surface area contributed by atoms with Crippen LogP contribution in [0.25, 0.3) is 0 Å². The van der Waals surface area contributed by atoms with Crippen LogP contribution in [0.3, 0.4) is 0 Å². The standard InChI is InChI=1S/C17H22F3NO2/c1-11-5-3-8-15(12(11)2)23-10-16(22)21-14-7-4-6-13(9-14)17(18,19)20/h3,5,8,13-14H,4,6-7,9-10H2,1-2H3,(H,21,22). The highest BCUT2D eigenvalue weighted by Crippen LogP contribution is 2.37. The number of nitrogens with one attached hydrogen (secondary N) is 1. The maximum Gasteiger partial charge on any atom is 0.391 e. The predicted molar refractivity (Wildman–Crippen MR) is 81.4 cm³/mol. The van der Waals surface area contributed by atoms with Crippen molar-refractivity contribution in [1.82, 2.24) is 5.32 Å². The number of halogens is 3. The van der Waals surface area contributed by atoms with Gasteiger partial charge in [0.15, 0.2) is 6.61 Å². The molecular weight excluding hydrogens is 307 g/mol. The first kappa shape index (κ1) is 17.6. The van der Waals surface area contributed by atoms with Gasteiger partial charge in [-0.05, 0) is 50.3 Å². The molecule has 1 aromatic rings. The van der Waals surface area contributed by atoms with Crippen molar-refractivity contribution in [3.05, 3.63) is 29.3 Å². The smallest absolute Gasteiger partial charge is 0.391 e. The molecule has 0 spiro atoms. The molecule has 0 radical (unpaired) electrons. The van der Waals surface area contributed by atoms with Crippen LogP contribution in [-0.4, -0.2) is 24.7 Å². The Morgan fingerprint density at radius 3 is 2.74 bits per heavy atom. The van der Waals surface area contributed by atoms with E-state index < -0.39 is 18.1 Å². The first-order valence-corrected chi connectivity index (χ1v) is 7.82. The minimum atomic E-state index is -4.18. The second-order valence-corrected chi connectivity index (χ2v) is 6.16. The molecule has 1 aliphatic carbocycles. The van der Waals surface area contributed by atoms with Crippen molar-refractivity contribution < 1.29 is 22.7 Å². The Labute approximate surface area is 134 Å². The number of ether oxygens (including phenoxy) is 1. The van der Waals surface area contributed by atoms with E-state index in [9.17, 15) is 18.0 Å². The van der Waals surface area contributed by atoms with Gasteiger partial charge in [-0.1, -0.05) is 18.6 Å². The summed E-state index contributed by atoms with van der Waals surface area (Å²) in [4.78, 5) is 11.9. The number of benzene rings is 1. The lowest BCUT2D eigenvalue weighted by atomic mass is 9.85. The second-order valence-electron chi connectivity index (χ2n) is 6.16. The lowest BCUT2D eigenvalue weighted by molar-refractivity contribution is -0.184. The van der Waals surface area contributed by atoms with Crippen molar-refractivity contribution in [3.8, 4) is 5.75 Å². The number of hydrogen-bond acceptors (Lipinski definition) is 2. The molecule has 2 rings (SSSR count). The van der Waals surface area contributed by atoms with Crippen LogP contribution in [0.4, 0.5) is 13.2 Å². The van der Waals surface area contributed by atoms with Gasteiger partial charge in [0, 0.05) is 6.04 Å². The lowest BCUT2D eigenvalue weighted by Crippen LogP contribution is -2.43. The van der Waals surface area contributed by atoms with Crippen LogP contribution in [0.2, 0.25) is 0 Å². The van der Waals surface area contributed by atoms with E-state index in [-0.39, 0.29) is 25.4 Å². The molecule has 2 unspecified atom stereocenters. The van der Waals surface area contributed by atoms with Crippen molar-refractivity contribution in [3.63, 3.8) is 0 Å². The molecule has 0 saturated heterocycles. The van der Waals surface area contributed by atoms with E-state index in [1.165, 1.54) is 0 Å². The molecule has 128 valence electrons. The number of hydrogen-bond donors (Lipinski definition) is 1. The van der Waals surface area contributed by atoms with Crippen LogP contribution < -0.4 is 10.1 Å². The van der Waals surface area contributed by atoms with E-state index in [4.69, 9.17) is 4.74 Å². The molecule has 2 atom stereocenters. The molecule has 3 nitrogen and oxygen atoms in total. The Morgan fingerprint density at radius 1 is 1.30 bits per heavy atom. The zero-order valence-electron chi connectivity index (χ0n) is 13.4. The van der Waals surface area contributed by atoms with E-state index in [2.05, 4.69) is 5.32 Å². The molecular formula is C17H22F3NO2. The molecule has 6 heteroatoms. The largest absolute Gasteiger partial charge is 0.483 e. The summed E-state index contributed by atoms with van der Waals surface area (Å²) in [5.74, 6) is -1.07. The Balaban J connectivity index is 1.84. The first-order chi connectivity index (χ1) is 10.8. The summed E-state index contributed by atoms with van der Waals surface area (Å²) in [6.45, 7) is 3.66. The fourth-order valence-corrected chi connectivity index (χ4v) is 2.91. The summed E-state index contributed by atoms with van der Waals surface area (Å²) in [5.41, 5.74) is 2.01. The number of carbonyl (C=O) groups is 1. The summed E-state index contributed by atoms with van der Waals surface area (Å²) < 4.78 is 43.8. The van der Waals surface area contributed by atoms with Gasteiger partial charge in [0.2, 0.25) is 0 Å². The molecule has 0 bridgehead atoms. The van der Waals surface area contributed by atoms with E-state index in [0.717, 1.165) is 11.1 Å². The Kier molecular flexibility index (Phi) is 5.55. The van der Waals surface area contributed by atoms with E-state index in [0.29, 0.717) is 18.6 Å². The van der Waals surface area contributed by atoms with Crippen molar-refractivity contribution in [2.45, 2.75) is 51.7 Å².